The number of halogens is 1. The Morgan fingerprint density at radius 3 is 2.75 bits per heavy atom. The Labute approximate surface area is 130 Å². The number of aromatic nitrogens is 4. The van der Waals surface area contributed by atoms with E-state index in [1.807, 2.05) is 18.2 Å². The predicted octanol–water partition coefficient (Wildman–Crippen LogP) is 4.39. The smallest absolute Gasteiger partial charge is 0.173 e. The Kier molecular flexibility index (Phi) is 3.48. The molecule has 0 aliphatic heterocycles. The van der Waals surface area contributed by atoms with Crippen LogP contribution in [-0.2, 0) is 5.41 Å². The van der Waals surface area contributed by atoms with Crippen molar-refractivity contribution in [1.29, 1.82) is 0 Å². The van der Waals surface area contributed by atoms with Crippen LogP contribution in [0.5, 0.6) is 0 Å². The van der Waals surface area contributed by atoms with Gasteiger partial charge in [-0.1, -0.05) is 38.4 Å². The van der Waals surface area contributed by atoms with Gasteiger partial charge in [0.15, 0.2) is 10.2 Å². The van der Waals surface area contributed by atoms with E-state index in [0.717, 1.165) is 20.4 Å². The predicted molar refractivity (Wildman–Crippen MR) is 84.6 cm³/mol. The molecule has 3 rings (SSSR count). The lowest BCUT2D eigenvalue weighted by Gasteiger charge is -2.11. The first-order valence-corrected chi connectivity index (χ1v) is 8.06. The molecule has 20 heavy (non-hydrogen) atoms. The third-order valence-electron chi connectivity index (χ3n) is 2.66. The minimum atomic E-state index is -0.0529. The van der Waals surface area contributed by atoms with Gasteiger partial charge in [-0.15, -0.1) is 16.4 Å². The van der Waals surface area contributed by atoms with E-state index in [-0.39, 0.29) is 5.41 Å². The van der Waals surface area contributed by atoms with Gasteiger partial charge in [-0.2, -0.15) is 4.09 Å². The Hall–Kier alpha value is -1.11. The highest BCUT2D eigenvalue weighted by molar-refractivity contribution is 7.99. The monoisotopic (exact) mass is 324 g/mol. The third-order valence-corrected chi connectivity index (χ3v) is 4.87. The molecule has 0 saturated carbocycles. The fourth-order valence-electron chi connectivity index (χ4n) is 1.65. The Bertz CT molecular complexity index is 757. The zero-order valence-corrected chi connectivity index (χ0v) is 13.7. The third kappa shape index (κ3) is 2.68. The van der Waals surface area contributed by atoms with Crippen LogP contribution in [0.25, 0.3) is 10.2 Å². The van der Waals surface area contributed by atoms with Gasteiger partial charge in [0.25, 0.3) is 0 Å². The van der Waals surface area contributed by atoms with Crippen LogP contribution in [0.1, 0.15) is 26.6 Å². The summed E-state index contributed by atoms with van der Waals surface area (Å²) in [7, 11) is 0. The topological polar surface area (TPSA) is 43.6 Å². The Morgan fingerprint density at radius 1 is 1.30 bits per heavy atom. The second-order valence-corrected chi connectivity index (χ2v) is 8.02. The maximum absolute atomic E-state index is 6.14. The molecule has 0 unspecified atom stereocenters. The number of hydrogen-bond donors (Lipinski definition) is 0. The van der Waals surface area contributed by atoms with Crippen molar-refractivity contribution in [3.8, 4) is 0 Å². The van der Waals surface area contributed by atoms with Crippen LogP contribution in [0.4, 0.5) is 0 Å². The highest BCUT2D eigenvalue weighted by Gasteiger charge is 2.19. The van der Waals surface area contributed by atoms with Gasteiger partial charge in [0, 0.05) is 17.4 Å². The van der Waals surface area contributed by atoms with E-state index in [4.69, 9.17) is 11.6 Å². The minimum absolute atomic E-state index is 0.0529. The molecule has 0 aliphatic rings. The summed E-state index contributed by atoms with van der Waals surface area (Å²) in [4.78, 5) is 8.88. The molecule has 7 heteroatoms. The Balaban J connectivity index is 1.90. The van der Waals surface area contributed by atoms with Gasteiger partial charge in [-0.25, -0.2) is 9.97 Å². The average Bonchev–Trinajstić information content (AvgIpc) is 2.96. The molecule has 104 valence electrons. The maximum atomic E-state index is 6.14. The van der Waals surface area contributed by atoms with Crippen molar-refractivity contribution in [1.82, 2.24) is 19.2 Å². The van der Waals surface area contributed by atoms with Gasteiger partial charge in [0.05, 0.1) is 9.72 Å². The number of rotatable bonds is 2. The summed E-state index contributed by atoms with van der Waals surface area (Å²) in [5.74, 6) is 0.823. The van der Waals surface area contributed by atoms with Crippen molar-refractivity contribution in [3.05, 3.63) is 35.4 Å². The second-order valence-electron chi connectivity index (χ2n) is 5.38. The van der Waals surface area contributed by atoms with Crippen LogP contribution < -0.4 is 0 Å². The van der Waals surface area contributed by atoms with Crippen molar-refractivity contribution in [2.45, 2.75) is 30.5 Å². The molecule has 0 aliphatic carbocycles. The van der Waals surface area contributed by atoms with E-state index >= 15 is 0 Å². The van der Waals surface area contributed by atoms with Gasteiger partial charge in [0.2, 0.25) is 0 Å². The molecule has 0 N–H and O–H groups in total. The molecule has 3 aromatic rings. The van der Waals surface area contributed by atoms with Crippen LogP contribution in [0.3, 0.4) is 0 Å². The molecule has 0 spiro atoms. The molecule has 0 saturated heterocycles. The quantitative estimate of drug-likeness (QED) is 0.701. The van der Waals surface area contributed by atoms with E-state index in [1.165, 1.54) is 11.9 Å². The van der Waals surface area contributed by atoms with Crippen LogP contribution in [-0.4, -0.2) is 19.2 Å². The maximum Gasteiger partial charge on any atom is 0.173 e. The largest absolute Gasteiger partial charge is 0.226 e. The van der Waals surface area contributed by atoms with Gasteiger partial charge >= 0.3 is 0 Å². The van der Waals surface area contributed by atoms with Crippen LogP contribution in [0, 0.1) is 0 Å². The molecule has 0 bridgehead atoms. The van der Waals surface area contributed by atoms with E-state index < -0.39 is 0 Å². The van der Waals surface area contributed by atoms with Gasteiger partial charge < -0.3 is 0 Å². The van der Waals surface area contributed by atoms with Crippen molar-refractivity contribution in [2.75, 3.05) is 0 Å². The molecular formula is C13H13ClN4S2. The van der Waals surface area contributed by atoms with Gasteiger partial charge in [0.1, 0.15) is 11.8 Å². The van der Waals surface area contributed by atoms with Crippen LogP contribution in [0.15, 0.2) is 28.9 Å². The lowest BCUT2D eigenvalue weighted by Crippen LogP contribution is -2.13. The standard InChI is InChI=1S/C13H13ClN4S2/c1-13(2,3)11-15-7-18(17-11)20-12-16-10-8(14)5-4-6-9(10)19-12/h4-7H,1-3H3. The Morgan fingerprint density at radius 2 is 2.10 bits per heavy atom. The summed E-state index contributed by atoms with van der Waals surface area (Å²) < 4.78 is 3.72. The summed E-state index contributed by atoms with van der Waals surface area (Å²) in [5.41, 5.74) is 0.792. The first-order chi connectivity index (χ1) is 9.43. The van der Waals surface area contributed by atoms with E-state index in [1.54, 1.807) is 21.8 Å². The lowest BCUT2D eigenvalue weighted by molar-refractivity contribution is 0.546. The lowest BCUT2D eigenvalue weighted by atomic mass is 9.96. The van der Waals surface area contributed by atoms with Crippen molar-refractivity contribution in [2.24, 2.45) is 0 Å². The number of nitrogens with zero attached hydrogens (tertiary/aromatic N) is 4. The molecular weight excluding hydrogens is 312 g/mol. The summed E-state index contributed by atoms with van der Waals surface area (Å²) in [6.07, 6.45) is 1.72. The normalized spacial score (nSPS) is 12.2. The zero-order chi connectivity index (χ0) is 14.3. The van der Waals surface area contributed by atoms with Crippen LogP contribution >= 0.6 is 34.9 Å². The average molecular weight is 325 g/mol. The molecule has 0 amide bonds. The second kappa shape index (κ2) is 5.02. The van der Waals surface area contributed by atoms with E-state index in [9.17, 15) is 0 Å². The molecule has 4 nitrogen and oxygen atoms in total. The van der Waals surface area contributed by atoms with Crippen molar-refractivity contribution < 1.29 is 0 Å². The SMILES string of the molecule is CC(C)(C)c1ncn(Sc2nc3c(Cl)cccc3s2)n1. The number of hydrogen-bond acceptors (Lipinski definition) is 5. The number of thiazole rings is 1. The van der Waals surface area contributed by atoms with Crippen molar-refractivity contribution in [3.63, 3.8) is 0 Å². The summed E-state index contributed by atoms with van der Waals surface area (Å²) >= 11 is 9.19. The first kappa shape index (κ1) is 13.9. The van der Waals surface area contributed by atoms with Gasteiger partial charge in [-0.3, -0.25) is 0 Å². The highest BCUT2D eigenvalue weighted by Crippen LogP contribution is 2.33. The number of fused-ring (bicyclic) bond motifs is 1. The van der Waals surface area contributed by atoms with Crippen LogP contribution in [0.2, 0.25) is 5.02 Å². The summed E-state index contributed by atoms with van der Waals surface area (Å²) in [6, 6.07) is 5.81. The van der Waals surface area contributed by atoms with Gasteiger partial charge in [-0.05, 0) is 12.1 Å². The number of para-hydroxylation sites is 1. The fourth-order valence-corrected chi connectivity index (χ4v) is 3.80. The molecule has 0 fully saturated rings. The van der Waals surface area contributed by atoms with E-state index in [0.29, 0.717) is 5.02 Å². The molecule has 2 heterocycles. The summed E-state index contributed by atoms with van der Waals surface area (Å²) in [5, 5.41) is 5.15. The molecule has 0 atom stereocenters. The molecule has 0 radical (unpaired) electrons. The van der Waals surface area contributed by atoms with E-state index in [2.05, 4.69) is 35.8 Å². The highest BCUT2D eigenvalue weighted by atomic mass is 35.5. The molecule has 1 aromatic carbocycles. The first-order valence-electron chi connectivity index (χ1n) is 6.09. The zero-order valence-electron chi connectivity index (χ0n) is 11.3. The number of benzene rings is 1. The fraction of sp³-hybridized carbons (Fsp3) is 0.308. The van der Waals surface area contributed by atoms with Crippen molar-refractivity contribution >= 4 is 45.1 Å². The summed E-state index contributed by atoms with van der Waals surface area (Å²) in [6.45, 7) is 6.28. The molecule has 2 aromatic heterocycles. The minimum Gasteiger partial charge on any atom is -0.226 e.